The van der Waals surface area contributed by atoms with Crippen LogP contribution in [0.1, 0.15) is 36.4 Å². The minimum Gasteiger partial charge on any atom is -0.505 e. The Hall–Kier alpha value is -2.10. The van der Waals surface area contributed by atoms with Crippen molar-refractivity contribution in [3.8, 4) is 5.75 Å². The zero-order chi connectivity index (χ0) is 17.2. The molecular formula is C21H22ClN2O+. The predicted octanol–water partition coefficient (Wildman–Crippen LogP) is 3.75. The number of hydrogen-bond donors (Lipinski definition) is 2. The maximum Gasteiger partial charge on any atom is 0.151 e. The number of piperidine rings is 1. The smallest absolute Gasteiger partial charge is 0.151 e. The van der Waals surface area contributed by atoms with Crippen molar-refractivity contribution >= 4 is 22.5 Å². The summed E-state index contributed by atoms with van der Waals surface area (Å²) in [6, 6.07) is 16.1. The van der Waals surface area contributed by atoms with Crippen molar-refractivity contribution in [2.45, 2.75) is 25.3 Å². The summed E-state index contributed by atoms with van der Waals surface area (Å²) in [5.74, 6) is 0.302. The van der Waals surface area contributed by atoms with Crippen molar-refractivity contribution in [2.75, 3.05) is 13.1 Å². The summed E-state index contributed by atoms with van der Waals surface area (Å²) in [7, 11) is 0. The van der Waals surface area contributed by atoms with E-state index in [1.54, 1.807) is 6.20 Å². The lowest BCUT2D eigenvalue weighted by Crippen LogP contribution is -3.13. The van der Waals surface area contributed by atoms with Crippen LogP contribution in [0.4, 0.5) is 0 Å². The van der Waals surface area contributed by atoms with E-state index in [2.05, 4.69) is 29.2 Å². The van der Waals surface area contributed by atoms with Gasteiger partial charge in [0.2, 0.25) is 0 Å². The van der Waals surface area contributed by atoms with E-state index in [0.29, 0.717) is 11.3 Å². The third kappa shape index (κ3) is 3.22. The van der Waals surface area contributed by atoms with Crippen LogP contribution in [0.2, 0.25) is 5.02 Å². The number of benzene rings is 2. The highest BCUT2D eigenvalue weighted by Crippen LogP contribution is 2.33. The number of aromatic nitrogens is 1. The summed E-state index contributed by atoms with van der Waals surface area (Å²) in [6.07, 6.45) is 5.48. The van der Waals surface area contributed by atoms with Gasteiger partial charge in [-0.1, -0.05) is 35.9 Å². The number of halogens is 1. The predicted molar refractivity (Wildman–Crippen MR) is 101 cm³/mol. The number of pyridine rings is 1. The lowest BCUT2D eigenvalue weighted by Gasteiger charge is -2.32. The van der Waals surface area contributed by atoms with Gasteiger partial charge in [0.05, 0.1) is 18.7 Å². The Bertz CT molecular complexity index is 873. The third-order valence-corrected chi connectivity index (χ3v) is 5.45. The standard InChI is InChI=1S/C21H21ClN2O/c22-17-9-6-16(7-10-17)20(24-13-2-1-3-14-24)18-11-8-15-5-4-12-23-19(15)21(18)25/h4-12,20,25H,1-3,13-14H2/p+1/t20-/m1/s1. The van der Waals surface area contributed by atoms with E-state index in [4.69, 9.17) is 11.6 Å². The second kappa shape index (κ2) is 7.03. The fraction of sp³-hybridized carbons (Fsp3) is 0.286. The van der Waals surface area contributed by atoms with Gasteiger partial charge in [0.25, 0.3) is 0 Å². The van der Waals surface area contributed by atoms with Crippen LogP contribution in [-0.2, 0) is 0 Å². The van der Waals surface area contributed by atoms with E-state index in [-0.39, 0.29) is 6.04 Å². The van der Waals surface area contributed by atoms with Crippen LogP contribution in [-0.4, -0.2) is 23.2 Å². The summed E-state index contributed by atoms with van der Waals surface area (Å²) in [5.41, 5.74) is 2.81. The molecule has 1 saturated heterocycles. The number of fused-ring (bicyclic) bond motifs is 1. The Morgan fingerprint density at radius 3 is 2.48 bits per heavy atom. The van der Waals surface area contributed by atoms with E-state index < -0.39 is 0 Å². The lowest BCUT2D eigenvalue weighted by molar-refractivity contribution is -0.930. The van der Waals surface area contributed by atoms with E-state index in [1.807, 2.05) is 24.3 Å². The van der Waals surface area contributed by atoms with Crippen LogP contribution >= 0.6 is 11.6 Å². The first-order valence-electron chi connectivity index (χ1n) is 8.90. The molecule has 25 heavy (non-hydrogen) atoms. The molecule has 2 heterocycles. The maximum absolute atomic E-state index is 11.0. The molecule has 3 aromatic rings. The number of quaternary nitrogens is 1. The van der Waals surface area contributed by atoms with Gasteiger partial charge in [0.1, 0.15) is 11.6 Å². The highest BCUT2D eigenvalue weighted by atomic mass is 35.5. The van der Waals surface area contributed by atoms with Gasteiger partial charge in [-0.3, -0.25) is 4.98 Å². The lowest BCUT2D eigenvalue weighted by atomic mass is 9.93. The SMILES string of the molecule is Oc1c([C@@H](c2ccc(Cl)cc2)[NH+]2CCCCC2)ccc2cccnc12. The van der Waals surface area contributed by atoms with Gasteiger partial charge in [0.15, 0.2) is 5.75 Å². The second-order valence-electron chi connectivity index (χ2n) is 6.78. The molecule has 0 spiro atoms. The van der Waals surface area contributed by atoms with Crippen LogP contribution in [0.15, 0.2) is 54.7 Å². The van der Waals surface area contributed by atoms with E-state index >= 15 is 0 Å². The molecule has 0 unspecified atom stereocenters. The van der Waals surface area contributed by atoms with Crippen molar-refractivity contribution in [3.05, 3.63) is 70.9 Å². The number of aromatic hydroxyl groups is 1. The van der Waals surface area contributed by atoms with Gasteiger partial charge in [-0.05, 0) is 43.5 Å². The Morgan fingerprint density at radius 2 is 1.72 bits per heavy atom. The van der Waals surface area contributed by atoms with Crippen molar-refractivity contribution in [1.29, 1.82) is 0 Å². The van der Waals surface area contributed by atoms with Crippen LogP contribution in [0.25, 0.3) is 10.9 Å². The highest BCUT2D eigenvalue weighted by Gasteiger charge is 2.30. The summed E-state index contributed by atoms with van der Waals surface area (Å²) in [6.45, 7) is 2.24. The average Bonchev–Trinajstić information content (AvgIpc) is 2.66. The first-order chi connectivity index (χ1) is 12.2. The van der Waals surface area contributed by atoms with Crippen molar-refractivity contribution < 1.29 is 10.0 Å². The molecule has 2 N–H and O–H groups in total. The molecule has 3 nitrogen and oxygen atoms in total. The quantitative estimate of drug-likeness (QED) is 0.752. The fourth-order valence-electron chi connectivity index (χ4n) is 3.96. The molecule has 0 amide bonds. The normalized spacial score (nSPS) is 16.8. The minimum absolute atomic E-state index is 0.101. The first-order valence-corrected chi connectivity index (χ1v) is 9.28. The zero-order valence-electron chi connectivity index (χ0n) is 14.1. The summed E-state index contributed by atoms with van der Waals surface area (Å²) >= 11 is 6.09. The van der Waals surface area contributed by atoms with Crippen LogP contribution < -0.4 is 4.90 Å². The molecule has 4 heteroatoms. The van der Waals surface area contributed by atoms with E-state index in [9.17, 15) is 5.11 Å². The summed E-state index contributed by atoms with van der Waals surface area (Å²) in [4.78, 5) is 5.90. The van der Waals surface area contributed by atoms with Crippen LogP contribution in [0, 0.1) is 0 Å². The number of hydrogen-bond acceptors (Lipinski definition) is 2. The number of likely N-dealkylation sites (tertiary alicyclic amines) is 1. The molecule has 128 valence electrons. The van der Waals surface area contributed by atoms with Crippen molar-refractivity contribution in [1.82, 2.24) is 4.98 Å². The van der Waals surface area contributed by atoms with Crippen LogP contribution in [0.3, 0.4) is 0 Å². The molecule has 4 rings (SSSR count). The Labute approximate surface area is 152 Å². The maximum atomic E-state index is 11.0. The molecule has 0 aliphatic carbocycles. The van der Waals surface area contributed by atoms with Gasteiger partial charge < -0.3 is 10.0 Å². The Morgan fingerprint density at radius 1 is 0.960 bits per heavy atom. The molecule has 0 bridgehead atoms. The van der Waals surface area contributed by atoms with Crippen LogP contribution in [0.5, 0.6) is 5.75 Å². The summed E-state index contributed by atoms with van der Waals surface area (Å²) in [5, 5.41) is 12.7. The number of phenolic OH excluding ortho intramolecular Hbond substituents is 1. The molecular weight excluding hydrogens is 332 g/mol. The van der Waals surface area contributed by atoms with Crippen molar-refractivity contribution in [3.63, 3.8) is 0 Å². The topological polar surface area (TPSA) is 37.6 Å². The van der Waals surface area contributed by atoms with Crippen molar-refractivity contribution in [2.24, 2.45) is 0 Å². The molecule has 1 aromatic heterocycles. The Kier molecular flexibility index (Phi) is 4.60. The monoisotopic (exact) mass is 353 g/mol. The average molecular weight is 354 g/mol. The fourth-order valence-corrected chi connectivity index (χ4v) is 4.09. The molecule has 0 radical (unpaired) electrons. The third-order valence-electron chi connectivity index (χ3n) is 5.20. The minimum atomic E-state index is 0.101. The van der Waals surface area contributed by atoms with Gasteiger partial charge >= 0.3 is 0 Å². The number of rotatable bonds is 3. The van der Waals surface area contributed by atoms with Gasteiger partial charge in [0, 0.05) is 22.2 Å². The van der Waals surface area contributed by atoms with Gasteiger partial charge in [-0.2, -0.15) is 0 Å². The number of nitrogens with one attached hydrogen (secondary N) is 1. The number of nitrogens with zero attached hydrogens (tertiary/aromatic N) is 1. The largest absolute Gasteiger partial charge is 0.505 e. The second-order valence-corrected chi connectivity index (χ2v) is 7.22. The Balaban J connectivity index is 1.85. The first kappa shape index (κ1) is 16.4. The van der Waals surface area contributed by atoms with Gasteiger partial charge in [-0.15, -0.1) is 0 Å². The molecule has 1 aliphatic heterocycles. The summed E-state index contributed by atoms with van der Waals surface area (Å²) < 4.78 is 0. The molecule has 2 aromatic carbocycles. The molecule has 0 saturated carbocycles. The van der Waals surface area contributed by atoms with E-state index in [1.165, 1.54) is 29.7 Å². The molecule has 1 aliphatic rings. The molecule has 1 atom stereocenters. The highest BCUT2D eigenvalue weighted by molar-refractivity contribution is 6.30. The molecule has 1 fully saturated rings. The zero-order valence-corrected chi connectivity index (χ0v) is 14.8. The van der Waals surface area contributed by atoms with E-state index in [0.717, 1.165) is 29.1 Å². The number of phenols is 1. The van der Waals surface area contributed by atoms with Gasteiger partial charge in [-0.25, -0.2) is 0 Å².